The zero-order valence-electron chi connectivity index (χ0n) is 11.0. The lowest BCUT2D eigenvalue weighted by Crippen LogP contribution is -2.32. The van der Waals surface area contributed by atoms with Crippen molar-refractivity contribution < 1.29 is 4.79 Å². The van der Waals surface area contributed by atoms with Gasteiger partial charge in [0, 0.05) is 13.1 Å². The fourth-order valence-electron chi connectivity index (χ4n) is 1.72. The second kappa shape index (κ2) is 9.25. The van der Waals surface area contributed by atoms with Gasteiger partial charge < -0.3 is 10.6 Å². The van der Waals surface area contributed by atoms with E-state index < -0.39 is 0 Å². The zero-order valence-corrected chi connectivity index (χ0v) is 11.0. The minimum Gasteiger partial charge on any atom is -0.367 e. The van der Waals surface area contributed by atoms with Crippen LogP contribution >= 0.6 is 0 Å². The molecule has 0 rings (SSSR count). The monoisotopic (exact) mass is 226 g/mol. The van der Waals surface area contributed by atoms with Crippen molar-refractivity contribution in [2.75, 3.05) is 13.1 Å². The first-order chi connectivity index (χ1) is 7.67. The third kappa shape index (κ3) is 5.79. The highest BCUT2D eigenvalue weighted by atomic mass is 16.1. The summed E-state index contributed by atoms with van der Waals surface area (Å²) in [5.41, 5.74) is 6.14. The van der Waals surface area contributed by atoms with Gasteiger partial charge in [0.2, 0.25) is 0 Å². The Morgan fingerprint density at radius 3 is 2.06 bits per heavy atom. The number of hydrogen-bond donors (Lipinski definition) is 1. The van der Waals surface area contributed by atoms with E-state index in [4.69, 9.17) is 5.73 Å². The van der Waals surface area contributed by atoms with Crippen molar-refractivity contribution in [2.24, 2.45) is 5.73 Å². The molecule has 16 heavy (non-hydrogen) atoms. The number of hydrogen-bond acceptors (Lipinski definition) is 2. The van der Waals surface area contributed by atoms with E-state index >= 15 is 0 Å². The number of amides is 1. The van der Waals surface area contributed by atoms with Gasteiger partial charge >= 0.3 is 0 Å². The van der Waals surface area contributed by atoms with Crippen LogP contribution in [0.4, 0.5) is 0 Å². The largest absolute Gasteiger partial charge is 0.367 e. The zero-order chi connectivity index (χ0) is 12.4. The highest BCUT2D eigenvalue weighted by molar-refractivity contribution is 5.91. The van der Waals surface area contributed by atoms with Crippen molar-refractivity contribution in [3.8, 4) is 0 Å². The Hall–Kier alpha value is -0.990. The van der Waals surface area contributed by atoms with Crippen LogP contribution in [0.25, 0.3) is 0 Å². The number of unbranched alkanes of at least 4 members (excludes halogenated alkanes) is 2. The van der Waals surface area contributed by atoms with Crippen molar-refractivity contribution >= 4 is 5.91 Å². The van der Waals surface area contributed by atoms with E-state index in [0.29, 0.717) is 5.70 Å². The van der Waals surface area contributed by atoms with Gasteiger partial charge in [0.05, 0.1) is 5.70 Å². The quantitative estimate of drug-likeness (QED) is 0.485. The van der Waals surface area contributed by atoms with E-state index in [2.05, 4.69) is 25.7 Å². The summed E-state index contributed by atoms with van der Waals surface area (Å²) in [5.74, 6) is -0.294. The number of nitrogens with zero attached hydrogens (tertiary/aromatic N) is 1. The molecule has 0 fully saturated rings. The smallest absolute Gasteiger partial charge is 0.264 e. The maximum Gasteiger partial charge on any atom is 0.264 e. The van der Waals surface area contributed by atoms with Gasteiger partial charge in [0.25, 0.3) is 5.91 Å². The van der Waals surface area contributed by atoms with Crippen molar-refractivity contribution in [2.45, 2.75) is 52.9 Å². The minimum absolute atomic E-state index is 0.294. The highest BCUT2D eigenvalue weighted by Gasteiger charge is 2.12. The van der Waals surface area contributed by atoms with E-state index in [-0.39, 0.29) is 5.91 Å². The lowest BCUT2D eigenvalue weighted by Gasteiger charge is -2.24. The van der Waals surface area contributed by atoms with Gasteiger partial charge in [-0.1, -0.05) is 33.3 Å². The molecular weight excluding hydrogens is 200 g/mol. The molecule has 0 saturated heterocycles. The predicted octanol–water partition coefficient (Wildman–Crippen LogP) is 2.67. The van der Waals surface area contributed by atoms with Crippen LogP contribution in [0.3, 0.4) is 0 Å². The first kappa shape index (κ1) is 15.0. The Bertz CT molecular complexity index is 218. The normalized spacial score (nSPS) is 11.6. The topological polar surface area (TPSA) is 46.3 Å². The summed E-state index contributed by atoms with van der Waals surface area (Å²) in [7, 11) is 0. The Balaban J connectivity index is 4.55. The number of rotatable bonds is 9. The van der Waals surface area contributed by atoms with Crippen molar-refractivity contribution in [3.63, 3.8) is 0 Å². The molecule has 0 saturated carbocycles. The van der Waals surface area contributed by atoms with E-state index in [1.165, 1.54) is 0 Å². The minimum atomic E-state index is -0.294. The average molecular weight is 226 g/mol. The predicted molar refractivity (Wildman–Crippen MR) is 69.0 cm³/mol. The lowest BCUT2D eigenvalue weighted by molar-refractivity contribution is -0.116. The third-order valence-corrected chi connectivity index (χ3v) is 2.48. The van der Waals surface area contributed by atoms with Crippen LogP contribution in [0.5, 0.6) is 0 Å². The molecule has 0 aliphatic heterocycles. The summed E-state index contributed by atoms with van der Waals surface area (Å²) in [5, 5.41) is 0. The summed E-state index contributed by atoms with van der Waals surface area (Å²) in [6, 6.07) is 0. The second-order valence-corrected chi connectivity index (χ2v) is 4.08. The molecule has 0 bridgehead atoms. The maximum absolute atomic E-state index is 11.4. The molecule has 3 nitrogen and oxygen atoms in total. The van der Waals surface area contributed by atoms with Crippen LogP contribution in [-0.2, 0) is 4.79 Å². The standard InChI is InChI=1S/C13H26N2O/c1-4-7-8-9-12(13(14)16)15(10-5-2)11-6-3/h9H,4-8,10-11H2,1-3H3,(H2,14,16)/b12-9+. The Morgan fingerprint density at radius 1 is 1.12 bits per heavy atom. The number of carbonyl (C=O) groups is 1. The van der Waals surface area contributed by atoms with E-state index in [1.807, 2.05) is 6.08 Å². The van der Waals surface area contributed by atoms with Crippen molar-refractivity contribution in [3.05, 3.63) is 11.8 Å². The molecule has 0 aromatic carbocycles. The highest BCUT2D eigenvalue weighted by Crippen LogP contribution is 2.09. The molecule has 94 valence electrons. The third-order valence-electron chi connectivity index (χ3n) is 2.48. The van der Waals surface area contributed by atoms with Crippen LogP contribution in [0, 0.1) is 0 Å². The number of allylic oxidation sites excluding steroid dienone is 1. The van der Waals surface area contributed by atoms with Crippen molar-refractivity contribution in [1.29, 1.82) is 0 Å². The van der Waals surface area contributed by atoms with E-state index in [1.54, 1.807) is 0 Å². The van der Waals surface area contributed by atoms with Crippen LogP contribution in [0.1, 0.15) is 52.9 Å². The van der Waals surface area contributed by atoms with Crippen LogP contribution < -0.4 is 5.73 Å². The number of carbonyl (C=O) groups excluding carboxylic acids is 1. The van der Waals surface area contributed by atoms with Crippen LogP contribution in [0.15, 0.2) is 11.8 Å². The van der Waals surface area contributed by atoms with Gasteiger partial charge in [-0.25, -0.2) is 0 Å². The first-order valence-electron chi connectivity index (χ1n) is 6.42. The molecular formula is C13H26N2O. The molecule has 0 aliphatic carbocycles. The summed E-state index contributed by atoms with van der Waals surface area (Å²) in [4.78, 5) is 13.5. The first-order valence-corrected chi connectivity index (χ1v) is 6.42. The Kier molecular flexibility index (Phi) is 8.68. The van der Waals surface area contributed by atoms with Crippen LogP contribution in [0.2, 0.25) is 0 Å². The van der Waals surface area contributed by atoms with Gasteiger partial charge in [0.15, 0.2) is 0 Å². The van der Waals surface area contributed by atoms with Crippen LogP contribution in [-0.4, -0.2) is 23.9 Å². The maximum atomic E-state index is 11.4. The van der Waals surface area contributed by atoms with E-state index in [9.17, 15) is 4.79 Å². The lowest BCUT2D eigenvalue weighted by atomic mass is 10.2. The Morgan fingerprint density at radius 2 is 1.69 bits per heavy atom. The molecule has 0 radical (unpaired) electrons. The fraction of sp³-hybridized carbons (Fsp3) is 0.769. The summed E-state index contributed by atoms with van der Waals surface area (Å²) < 4.78 is 0. The molecule has 0 unspecified atom stereocenters. The van der Waals surface area contributed by atoms with Gasteiger partial charge in [-0.2, -0.15) is 0 Å². The SMILES string of the molecule is CCCC/C=C(\C(N)=O)N(CCC)CCC. The molecule has 2 N–H and O–H groups in total. The summed E-state index contributed by atoms with van der Waals surface area (Å²) >= 11 is 0. The molecule has 0 aliphatic rings. The number of primary amides is 1. The fourth-order valence-corrected chi connectivity index (χ4v) is 1.72. The van der Waals surface area contributed by atoms with Gasteiger partial charge in [0.1, 0.15) is 0 Å². The van der Waals surface area contributed by atoms with Gasteiger partial charge in [-0.15, -0.1) is 0 Å². The average Bonchev–Trinajstić information content (AvgIpc) is 2.24. The molecule has 0 aromatic rings. The Labute approximate surface area is 99.7 Å². The molecule has 0 atom stereocenters. The second-order valence-electron chi connectivity index (χ2n) is 4.08. The molecule has 0 spiro atoms. The summed E-state index contributed by atoms with van der Waals surface area (Å²) in [6.45, 7) is 8.21. The molecule has 0 heterocycles. The van der Waals surface area contributed by atoms with E-state index in [0.717, 1.165) is 45.2 Å². The van der Waals surface area contributed by atoms with Crippen molar-refractivity contribution in [1.82, 2.24) is 4.90 Å². The summed E-state index contributed by atoms with van der Waals surface area (Å²) in [6.07, 6.45) is 7.28. The molecule has 1 amide bonds. The van der Waals surface area contributed by atoms with Gasteiger partial charge in [-0.3, -0.25) is 4.79 Å². The van der Waals surface area contributed by atoms with Gasteiger partial charge in [-0.05, 0) is 25.7 Å². The molecule has 0 aromatic heterocycles. The number of nitrogens with two attached hydrogens (primary N) is 1. The molecule has 3 heteroatoms.